The molecule has 0 aliphatic carbocycles. The highest BCUT2D eigenvalue weighted by Crippen LogP contribution is 2.25. The van der Waals surface area contributed by atoms with Crippen LogP contribution in [0.1, 0.15) is 5.56 Å². The maximum atomic E-state index is 13.9. The standard InChI is InChI=1S/C19H14Cl2FN3OS/c20-12-6-8-13(9-7-12)24-19(27)25-18-17(5-2-10-23-18)26-11-14-15(21)3-1-4-16(14)22/h1-10H,11H2,(H2,23,24,25,27). The lowest BCUT2D eigenvalue weighted by atomic mass is 10.2. The molecule has 1 aromatic heterocycles. The lowest BCUT2D eigenvalue weighted by molar-refractivity contribution is 0.300. The summed E-state index contributed by atoms with van der Waals surface area (Å²) in [6.45, 7) is -0.0384. The summed E-state index contributed by atoms with van der Waals surface area (Å²) >= 11 is 17.2. The first-order valence-corrected chi connectivity index (χ1v) is 9.03. The molecular weight excluding hydrogens is 408 g/mol. The second kappa shape index (κ2) is 8.99. The molecule has 0 saturated carbocycles. The van der Waals surface area contributed by atoms with E-state index in [0.717, 1.165) is 5.69 Å². The Labute approximate surface area is 171 Å². The van der Waals surface area contributed by atoms with Crippen LogP contribution in [0, 0.1) is 5.82 Å². The Morgan fingerprint density at radius 2 is 1.81 bits per heavy atom. The third-order valence-electron chi connectivity index (χ3n) is 3.54. The molecule has 3 aromatic rings. The van der Waals surface area contributed by atoms with Crippen LogP contribution in [0.4, 0.5) is 15.9 Å². The van der Waals surface area contributed by atoms with Crippen LogP contribution in [0.2, 0.25) is 10.0 Å². The van der Waals surface area contributed by atoms with Crippen molar-refractivity contribution in [1.82, 2.24) is 4.98 Å². The molecule has 0 radical (unpaired) electrons. The second-order valence-corrected chi connectivity index (χ2v) is 6.68. The van der Waals surface area contributed by atoms with Gasteiger partial charge in [-0.3, -0.25) is 0 Å². The molecule has 0 spiro atoms. The molecule has 1 heterocycles. The van der Waals surface area contributed by atoms with Crippen molar-refractivity contribution in [2.75, 3.05) is 10.6 Å². The van der Waals surface area contributed by atoms with Crippen LogP contribution in [0.15, 0.2) is 60.8 Å². The smallest absolute Gasteiger partial charge is 0.176 e. The molecule has 27 heavy (non-hydrogen) atoms. The summed E-state index contributed by atoms with van der Waals surface area (Å²) in [5, 5.41) is 7.24. The van der Waals surface area contributed by atoms with Gasteiger partial charge in [0.1, 0.15) is 12.4 Å². The van der Waals surface area contributed by atoms with Gasteiger partial charge in [-0.15, -0.1) is 0 Å². The minimum absolute atomic E-state index is 0.0384. The monoisotopic (exact) mass is 421 g/mol. The Hall–Kier alpha value is -2.41. The van der Waals surface area contributed by atoms with Crippen molar-refractivity contribution in [3.63, 3.8) is 0 Å². The molecule has 2 aromatic carbocycles. The number of benzene rings is 2. The van der Waals surface area contributed by atoms with Gasteiger partial charge in [0.2, 0.25) is 0 Å². The Balaban J connectivity index is 1.68. The van der Waals surface area contributed by atoms with Crippen molar-refractivity contribution in [2.45, 2.75) is 6.61 Å². The highest BCUT2D eigenvalue weighted by molar-refractivity contribution is 7.80. The first kappa shape index (κ1) is 19.4. The van der Waals surface area contributed by atoms with Gasteiger partial charge in [0.25, 0.3) is 0 Å². The normalized spacial score (nSPS) is 10.3. The number of ether oxygens (including phenoxy) is 1. The van der Waals surface area contributed by atoms with Gasteiger partial charge in [-0.1, -0.05) is 29.3 Å². The Kier molecular flexibility index (Phi) is 6.45. The number of rotatable bonds is 5. The average Bonchev–Trinajstić information content (AvgIpc) is 2.64. The lowest BCUT2D eigenvalue weighted by Crippen LogP contribution is -2.20. The SMILES string of the molecule is Fc1cccc(Cl)c1COc1cccnc1NC(=S)Nc1ccc(Cl)cc1. The number of hydrogen-bond acceptors (Lipinski definition) is 3. The van der Waals surface area contributed by atoms with E-state index in [4.69, 9.17) is 40.2 Å². The number of halogens is 3. The molecule has 0 saturated heterocycles. The van der Waals surface area contributed by atoms with E-state index in [9.17, 15) is 4.39 Å². The van der Waals surface area contributed by atoms with Gasteiger partial charge in [0.05, 0.1) is 5.02 Å². The molecule has 3 rings (SSSR count). The predicted molar refractivity (Wildman–Crippen MR) is 111 cm³/mol. The van der Waals surface area contributed by atoms with Crippen LogP contribution in [-0.2, 0) is 6.61 Å². The van der Waals surface area contributed by atoms with Gasteiger partial charge in [-0.05, 0) is 60.7 Å². The molecule has 0 fully saturated rings. The summed E-state index contributed by atoms with van der Waals surface area (Å²) < 4.78 is 19.6. The van der Waals surface area contributed by atoms with E-state index < -0.39 is 5.82 Å². The summed E-state index contributed by atoms with van der Waals surface area (Å²) in [5.74, 6) is 0.384. The number of hydrogen-bond donors (Lipinski definition) is 2. The van der Waals surface area contributed by atoms with E-state index in [1.807, 2.05) is 0 Å². The molecule has 0 amide bonds. The van der Waals surface area contributed by atoms with Gasteiger partial charge in [0.15, 0.2) is 16.7 Å². The van der Waals surface area contributed by atoms with Crippen LogP contribution in [0.25, 0.3) is 0 Å². The van der Waals surface area contributed by atoms with E-state index >= 15 is 0 Å². The van der Waals surface area contributed by atoms with Crippen molar-refractivity contribution in [1.29, 1.82) is 0 Å². The van der Waals surface area contributed by atoms with Gasteiger partial charge in [-0.2, -0.15) is 0 Å². The maximum absolute atomic E-state index is 13.9. The van der Waals surface area contributed by atoms with Crippen LogP contribution < -0.4 is 15.4 Å². The first-order chi connectivity index (χ1) is 13.0. The zero-order valence-corrected chi connectivity index (χ0v) is 16.2. The fraction of sp³-hybridized carbons (Fsp3) is 0.0526. The molecule has 0 atom stereocenters. The molecule has 0 aliphatic heterocycles. The molecule has 0 unspecified atom stereocenters. The molecule has 138 valence electrons. The van der Waals surface area contributed by atoms with Crippen molar-refractivity contribution in [3.05, 3.63) is 82.2 Å². The van der Waals surface area contributed by atoms with E-state index in [2.05, 4.69) is 15.6 Å². The summed E-state index contributed by atoms with van der Waals surface area (Å²) in [5.41, 5.74) is 1.05. The number of thiocarbonyl (C=S) groups is 1. The molecule has 4 nitrogen and oxygen atoms in total. The number of pyridine rings is 1. The largest absolute Gasteiger partial charge is 0.485 e. The molecule has 0 aliphatic rings. The van der Waals surface area contributed by atoms with Gasteiger partial charge < -0.3 is 15.4 Å². The second-order valence-electron chi connectivity index (χ2n) is 5.43. The summed E-state index contributed by atoms with van der Waals surface area (Å²) in [4.78, 5) is 4.22. The number of anilines is 2. The quantitative estimate of drug-likeness (QED) is 0.500. The zero-order chi connectivity index (χ0) is 19.2. The van der Waals surface area contributed by atoms with E-state index in [0.29, 0.717) is 26.7 Å². The number of nitrogens with one attached hydrogen (secondary N) is 2. The molecule has 8 heteroatoms. The highest BCUT2D eigenvalue weighted by Gasteiger charge is 2.11. The predicted octanol–water partition coefficient (Wildman–Crippen LogP) is 5.92. The first-order valence-electron chi connectivity index (χ1n) is 7.87. The average molecular weight is 422 g/mol. The Morgan fingerprint density at radius 3 is 2.56 bits per heavy atom. The van der Waals surface area contributed by atoms with Crippen molar-refractivity contribution in [2.24, 2.45) is 0 Å². The Morgan fingerprint density at radius 1 is 1.04 bits per heavy atom. The Bertz CT molecular complexity index is 934. The minimum Gasteiger partial charge on any atom is -0.485 e. The van der Waals surface area contributed by atoms with Gasteiger partial charge in [0, 0.05) is 22.5 Å². The number of aromatic nitrogens is 1. The van der Waals surface area contributed by atoms with Crippen molar-refractivity contribution < 1.29 is 9.13 Å². The van der Waals surface area contributed by atoms with E-state index in [1.54, 1.807) is 54.7 Å². The topological polar surface area (TPSA) is 46.2 Å². The highest BCUT2D eigenvalue weighted by atomic mass is 35.5. The summed E-state index contributed by atoms with van der Waals surface area (Å²) in [6.07, 6.45) is 1.59. The fourth-order valence-electron chi connectivity index (χ4n) is 2.22. The molecule has 2 N–H and O–H groups in total. The van der Waals surface area contributed by atoms with Gasteiger partial charge in [-0.25, -0.2) is 9.37 Å². The van der Waals surface area contributed by atoms with Gasteiger partial charge >= 0.3 is 0 Å². The summed E-state index contributed by atoms with van der Waals surface area (Å²) in [7, 11) is 0. The van der Waals surface area contributed by atoms with Crippen molar-refractivity contribution >= 4 is 52.0 Å². The van der Waals surface area contributed by atoms with Crippen LogP contribution in [0.5, 0.6) is 5.75 Å². The van der Waals surface area contributed by atoms with Crippen LogP contribution in [0.3, 0.4) is 0 Å². The van der Waals surface area contributed by atoms with E-state index in [-0.39, 0.29) is 12.2 Å². The third kappa shape index (κ3) is 5.29. The maximum Gasteiger partial charge on any atom is 0.176 e. The molecule has 0 bridgehead atoms. The lowest BCUT2D eigenvalue weighted by Gasteiger charge is -2.14. The minimum atomic E-state index is -0.430. The fourth-order valence-corrected chi connectivity index (χ4v) is 2.78. The van der Waals surface area contributed by atoms with Crippen molar-refractivity contribution in [3.8, 4) is 5.75 Å². The third-order valence-corrected chi connectivity index (χ3v) is 4.35. The van der Waals surface area contributed by atoms with Crippen LogP contribution >= 0.6 is 35.4 Å². The molecular formula is C19H14Cl2FN3OS. The number of nitrogens with zero attached hydrogens (tertiary/aromatic N) is 1. The van der Waals surface area contributed by atoms with E-state index in [1.165, 1.54) is 6.07 Å². The zero-order valence-electron chi connectivity index (χ0n) is 13.9. The van der Waals surface area contributed by atoms with Crippen LogP contribution in [-0.4, -0.2) is 10.1 Å². The summed E-state index contributed by atoms with van der Waals surface area (Å²) in [6, 6.07) is 15.0.